The van der Waals surface area contributed by atoms with Crippen molar-refractivity contribution in [3.05, 3.63) is 23.5 Å². The maximum Gasteiger partial charge on any atom is 0.0857 e. The molecular weight excluding hydrogens is 126 g/mol. The van der Waals surface area contributed by atoms with E-state index in [0.717, 1.165) is 11.1 Å². The molecule has 2 heteroatoms. The SMILES string of the molecule is Cc1c[nH]cc1C(C)(C)O. The number of aromatic amines is 1. The Balaban J connectivity index is 3.05. The lowest BCUT2D eigenvalue weighted by atomic mass is 9.98. The molecule has 0 amide bonds. The minimum atomic E-state index is -0.718. The fraction of sp³-hybridized carbons (Fsp3) is 0.500. The van der Waals surface area contributed by atoms with Crippen molar-refractivity contribution in [2.24, 2.45) is 0 Å². The largest absolute Gasteiger partial charge is 0.386 e. The molecular formula is C8H13NO. The molecule has 2 N–H and O–H groups in total. The van der Waals surface area contributed by atoms with Gasteiger partial charge in [0.05, 0.1) is 5.60 Å². The number of hydrogen-bond acceptors (Lipinski definition) is 1. The van der Waals surface area contributed by atoms with Crippen LogP contribution in [-0.4, -0.2) is 10.1 Å². The van der Waals surface area contributed by atoms with Crippen LogP contribution < -0.4 is 0 Å². The minimum Gasteiger partial charge on any atom is -0.386 e. The molecule has 0 saturated heterocycles. The van der Waals surface area contributed by atoms with Crippen LogP contribution in [0.2, 0.25) is 0 Å². The van der Waals surface area contributed by atoms with Crippen LogP contribution in [0.5, 0.6) is 0 Å². The van der Waals surface area contributed by atoms with Crippen molar-refractivity contribution in [2.45, 2.75) is 26.4 Å². The third-order valence-electron chi connectivity index (χ3n) is 1.61. The number of rotatable bonds is 1. The molecule has 1 aromatic rings. The van der Waals surface area contributed by atoms with Crippen molar-refractivity contribution in [1.82, 2.24) is 4.98 Å². The zero-order chi connectivity index (χ0) is 7.78. The lowest BCUT2D eigenvalue weighted by molar-refractivity contribution is 0.0781. The second kappa shape index (κ2) is 2.13. The van der Waals surface area contributed by atoms with Gasteiger partial charge in [0, 0.05) is 18.0 Å². The van der Waals surface area contributed by atoms with Crippen LogP contribution in [0.3, 0.4) is 0 Å². The molecule has 1 rings (SSSR count). The van der Waals surface area contributed by atoms with Gasteiger partial charge in [-0.1, -0.05) is 0 Å². The number of aryl methyl sites for hydroxylation is 1. The highest BCUT2D eigenvalue weighted by atomic mass is 16.3. The molecule has 0 bridgehead atoms. The van der Waals surface area contributed by atoms with E-state index in [1.807, 2.05) is 19.3 Å². The molecule has 0 aliphatic rings. The van der Waals surface area contributed by atoms with Crippen LogP contribution in [-0.2, 0) is 5.60 Å². The average molecular weight is 139 g/mol. The first-order valence-corrected chi connectivity index (χ1v) is 3.38. The van der Waals surface area contributed by atoms with E-state index in [-0.39, 0.29) is 0 Å². The first kappa shape index (κ1) is 7.35. The lowest BCUT2D eigenvalue weighted by Crippen LogP contribution is -2.15. The highest BCUT2D eigenvalue weighted by Gasteiger charge is 2.18. The molecule has 2 nitrogen and oxygen atoms in total. The van der Waals surface area contributed by atoms with Crippen molar-refractivity contribution in [1.29, 1.82) is 0 Å². The highest BCUT2D eigenvalue weighted by molar-refractivity contribution is 5.26. The zero-order valence-corrected chi connectivity index (χ0v) is 6.60. The Bertz CT molecular complexity index is 219. The van der Waals surface area contributed by atoms with Gasteiger partial charge in [-0.2, -0.15) is 0 Å². The van der Waals surface area contributed by atoms with Gasteiger partial charge < -0.3 is 10.1 Å². The number of H-pyrrole nitrogens is 1. The maximum absolute atomic E-state index is 9.54. The molecule has 0 fully saturated rings. The second-order valence-corrected chi connectivity index (χ2v) is 3.11. The van der Waals surface area contributed by atoms with E-state index in [1.54, 1.807) is 13.8 Å². The quantitative estimate of drug-likeness (QED) is 0.608. The first-order valence-electron chi connectivity index (χ1n) is 3.38. The number of nitrogens with one attached hydrogen (secondary N) is 1. The van der Waals surface area contributed by atoms with Crippen molar-refractivity contribution in [2.75, 3.05) is 0 Å². The summed E-state index contributed by atoms with van der Waals surface area (Å²) in [7, 11) is 0. The van der Waals surface area contributed by atoms with E-state index < -0.39 is 5.60 Å². The number of hydrogen-bond donors (Lipinski definition) is 2. The van der Waals surface area contributed by atoms with Crippen LogP contribution in [0.15, 0.2) is 12.4 Å². The molecule has 0 radical (unpaired) electrons. The summed E-state index contributed by atoms with van der Waals surface area (Å²) in [5.41, 5.74) is 1.35. The van der Waals surface area contributed by atoms with Crippen LogP contribution >= 0.6 is 0 Å². The Hall–Kier alpha value is -0.760. The van der Waals surface area contributed by atoms with Gasteiger partial charge in [0.1, 0.15) is 0 Å². The molecule has 1 heterocycles. The van der Waals surface area contributed by atoms with Crippen molar-refractivity contribution >= 4 is 0 Å². The third-order valence-corrected chi connectivity index (χ3v) is 1.61. The Kier molecular flexibility index (Phi) is 1.57. The summed E-state index contributed by atoms with van der Waals surface area (Å²) in [6.07, 6.45) is 3.71. The first-order chi connectivity index (χ1) is 4.52. The number of aromatic nitrogens is 1. The minimum absolute atomic E-state index is 0.718. The topological polar surface area (TPSA) is 36.0 Å². The molecule has 10 heavy (non-hydrogen) atoms. The summed E-state index contributed by atoms with van der Waals surface area (Å²) < 4.78 is 0. The highest BCUT2D eigenvalue weighted by Crippen LogP contribution is 2.21. The normalized spacial score (nSPS) is 12.0. The van der Waals surface area contributed by atoms with E-state index >= 15 is 0 Å². The lowest BCUT2D eigenvalue weighted by Gasteiger charge is -2.16. The Morgan fingerprint density at radius 3 is 2.20 bits per heavy atom. The summed E-state index contributed by atoms with van der Waals surface area (Å²) in [4.78, 5) is 2.94. The predicted octanol–water partition coefficient (Wildman–Crippen LogP) is 1.55. The predicted molar refractivity (Wildman–Crippen MR) is 40.8 cm³/mol. The molecule has 0 saturated carbocycles. The molecule has 0 aliphatic heterocycles. The summed E-state index contributed by atoms with van der Waals surface area (Å²) >= 11 is 0. The van der Waals surface area contributed by atoms with Crippen molar-refractivity contribution < 1.29 is 5.11 Å². The van der Waals surface area contributed by atoms with Crippen LogP contribution in [0.25, 0.3) is 0 Å². The molecule has 1 aromatic heterocycles. The van der Waals surface area contributed by atoms with Crippen LogP contribution in [0.1, 0.15) is 25.0 Å². The van der Waals surface area contributed by atoms with Gasteiger partial charge >= 0.3 is 0 Å². The summed E-state index contributed by atoms with van der Waals surface area (Å²) in [5, 5.41) is 9.54. The Morgan fingerprint density at radius 2 is 2.00 bits per heavy atom. The van der Waals surface area contributed by atoms with E-state index in [0.29, 0.717) is 0 Å². The van der Waals surface area contributed by atoms with E-state index in [4.69, 9.17) is 0 Å². The van der Waals surface area contributed by atoms with E-state index in [1.165, 1.54) is 0 Å². The fourth-order valence-electron chi connectivity index (χ4n) is 1.10. The van der Waals surface area contributed by atoms with Crippen molar-refractivity contribution in [3.8, 4) is 0 Å². The molecule has 0 aliphatic carbocycles. The standard InChI is InChI=1S/C8H13NO/c1-6-4-9-5-7(6)8(2,3)10/h4-5,9-10H,1-3H3. The van der Waals surface area contributed by atoms with E-state index in [2.05, 4.69) is 4.98 Å². The van der Waals surface area contributed by atoms with Gasteiger partial charge in [-0.15, -0.1) is 0 Å². The number of aliphatic hydroxyl groups is 1. The zero-order valence-electron chi connectivity index (χ0n) is 6.60. The fourth-order valence-corrected chi connectivity index (χ4v) is 1.10. The van der Waals surface area contributed by atoms with Crippen LogP contribution in [0, 0.1) is 6.92 Å². The Labute approximate surface area is 60.9 Å². The van der Waals surface area contributed by atoms with Gasteiger partial charge in [-0.05, 0) is 26.3 Å². The molecule has 0 spiro atoms. The summed E-state index contributed by atoms with van der Waals surface area (Å²) in [6.45, 7) is 5.54. The molecule has 0 aromatic carbocycles. The van der Waals surface area contributed by atoms with Gasteiger partial charge in [0.25, 0.3) is 0 Å². The molecule has 56 valence electrons. The molecule has 0 atom stereocenters. The van der Waals surface area contributed by atoms with E-state index in [9.17, 15) is 5.11 Å². The maximum atomic E-state index is 9.54. The van der Waals surface area contributed by atoms with Crippen molar-refractivity contribution in [3.63, 3.8) is 0 Å². The second-order valence-electron chi connectivity index (χ2n) is 3.11. The van der Waals surface area contributed by atoms with Gasteiger partial charge in [-0.3, -0.25) is 0 Å². The summed E-state index contributed by atoms with van der Waals surface area (Å²) in [6, 6.07) is 0. The average Bonchev–Trinajstić information content (AvgIpc) is 2.11. The summed E-state index contributed by atoms with van der Waals surface area (Å²) in [5.74, 6) is 0. The van der Waals surface area contributed by atoms with Gasteiger partial charge in [0.2, 0.25) is 0 Å². The molecule has 0 unspecified atom stereocenters. The van der Waals surface area contributed by atoms with Gasteiger partial charge in [-0.25, -0.2) is 0 Å². The third kappa shape index (κ3) is 1.21. The monoisotopic (exact) mass is 139 g/mol. The van der Waals surface area contributed by atoms with Gasteiger partial charge in [0.15, 0.2) is 0 Å². The smallest absolute Gasteiger partial charge is 0.0857 e. The Morgan fingerprint density at radius 1 is 1.40 bits per heavy atom. The van der Waals surface area contributed by atoms with Crippen LogP contribution in [0.4, 0.5) is 0 Å².